The van der Waals surface area contributed by atoms with E-state index >= 15 is 0 Å². The highest BCUT2D eigenvalue weighted by atomic mass is 32.1. The lowest BCUT2D eigenvalue weighted by Crippen LogP contribution is -1.81. The zero-order chi connectivity index (χ0) is 8.39. The maximum atomic E-state index is 5.48. The Kier molecular flexibility index (Phi) is 1.71. The number of thiazole rings is 1. The molecule has 0 aliphatic carbocycles. The summed E-state index contributed by atoms with van der Waals surface area (Å²) in [5.74, 6) is 0. The van der Waals surface area contributed by atoms with E-state index in [0.717, 1.165) is 10.6 Å². The summed E-state index contributed by atoms with van der Waals surface area (Å²) in [6.07, 6.45) is 3.33. The number of nitrogen functional groups attached to an aromatic ring is 1. The first kappa shape index (κ1) is 7.17. The summed E-state index contributed by atoms with van der Waals surface area (Å²) in [6, 6.07) is 3.71. The molecule has 2 aromatic rings. The number of rotatable bonds is 1. The van der Waals surface area contributed by atoms with Crippen molar-refractivity contribution in [3.63, 3.8) is 0 Å². The molecule has 2 aromatic heterocycles. The third kappa shape index (κ3) is 1.26. The van der Waals surface area contributed by atoms with Gasteiger partial charge >= 0.3 is 0 Å². The Morgan fingerprint density at radius 2 is 2.33 bits per heavy atom. The molecular weight excluding hydrogens is 172 g/mol. The second-order valence-electron chi connectivity index (χ2n) is 2.17. The molecule has 0 fully saturated rings. The van der Waals surface area contributed by atoms with Crippen LogP contribution in [0, 0.1) is 0 Å². The molecule has 0 amide bonds. The highest BCUT2D eigenvalue weighted by molar-refractivity contribution is 7.18. The second-order valence-corrected chi connectivity index (χ2v) is 3.23. The minimum Gasteiger partial charge on any atom is -0.375 e. The second kappa shape index (κ2) is 2.86. The standard InChI is InChI=1S/C7H6N4S/c8-7-9-4-6(12-7)5-2-1-3-10-11-5/h1-4H,(H2,8,9). The first-order valence-electron chi connectivity index (χ1n) is 3.35. The van der Waals surface area contributed by atoms with E-state index in [2.05, 4.69) is 15.2 Å². The lowest BCUT2D eigenvalue weighted by molar-refractivity contribution is 1.04. The molecule has 0 radical (unpaired) electrons. The summed E-state index contributed by atoms with van der Waals surface area (Å²) >= 11 is 1.40. The normalized spacial score (nSPS) is 10.0. The molecule has 5 heteroatoms. The van der Waals surface area contributed by atoms with Gasteiger partial charge in [-0.3, -0.25) is 0 Å². The van der Waals surface area contributed by atoms with E-state index in [1.807, 2.05) is 12.1 Å². The quantitative estimate of drug-likeness (QED) is 0.712. The Balaban J connectivity index is 2.45. The average Bonchev–Trinajstić information content (AvgIpc) is 2.54. The van der Waals surface area contributed by atoms with E-state index in [-0.39, 0.29) is 0 Å². The molecule has 0 atom stereocenters. The fourth-order valence-electron chi connectivity index (χ4n) is 0.839. The highest BCUT2D eigenvalue weighted by Gasteiger charge is 2.01. The van der Waals surface area contributed by atoms with Gasteiger partial charge in [-0.05, 0) is 12.1 Å². The molecule has 12 heavy (non-hydrogen) atoms. The highest BCUT2D eigenvalue weighted by Crippen LogP contribution is 2.24. The van der Waals surface area contributed by atoms with Crippen LogP contribution in [0.15, 0.2) is 24.5 Å². The van der Waals surface area contributed by atoms with E-state index in [4.69, 9.17) is 5.73 Å². The van der Waals surface area contributed by atoms with E-state index in [1.165, 1.54) is 11.3 Å². The number of nitrogens with two attached hydrogens (primary N) is 1. The Morgan fingerprint density at radius 3 is 2.92 bits per heavy atom. The largest absolute Gasteiger partial charge is 0.375 e. The van der Waals surface area contributed by atoms with E-state index in [9.17, 15) is 0 Å². The van der Waals surface area contributed by atoms with Crippen molar-refractivity contribution in [3.05, 3.63) is 24.5 Å². The summed E-state index contributed by atoms with van der Waals surface area (Å²) in [5.41, 5.74) is 6.29. The summed E-state index contributed by atoms with van der Waals surface area (Å²) in [5, 5.41) is 8.24. The number of hydrogen-bond acceptors (Lipinski definition) is 5. The predicted octanol–water partition coefficient (Wildman–Crippen LogP) is 1.18. The van der Waals surface area contributed by atoms with Gasteiger partial charge in [-0.25, -0.2) is 4.98 Å². The average molecular weight is 178 g/mol. The molecule has 60 valence electrons. The zero-order valence-corrected chi connectivity index (χ0v) is 6.95. The summed E-state index contributed by atoms with van der Waals surface area (Å²) in [6.45, 7) is 0. The van der Waals surface area contributed by atoms with Gasteiger partial charge in [0.15, 0.2) is 5.13 Å². The third-order valence-corrected chi connectivity index (χ3v) is 2.20. The Bertz CT molecular complexity index is 370. The molecule has 0 aliphatic rings. The van der Waals surface area contributed by atoms with Crippen molar-refractivity contribution in [1.82, 2.24) is 15.2 Å². The van der Waals surface area contributed by atoms with E-state index in [1.54, 1.807) is 12.4 Å². The van der Waals surface area contributed by atoms with E-state index in [0.29, 0.717) is 5.13 Å². The van der Waals surface area contributed by atoms with Gasteiger partial charge in [-0.2, -0.15) is 5.10 Å². The minimum absolute atomic E-state index is 0.552. The fraction of sp³-hybridized carbons (Fsp3) is 0. The number of aromatic nitrogens is 3. The third-order valence-electron chi connectivity index (χ3n) is 1.35. The lowest BCUT2D eigenvalue weighted by Gasteiger charge is -1.89. The monoisotopic (exact) mass is 178 g/mol. The van der Waals surface area contributed by atoms with Crippen LogP contribution in [0.25, 0.3) is 10.6 Å². The zero-order valence-electron chi connectivity index (χ0n) is 6.14. The molecule has 0 spiro atoms. The SMILES string of the molecule is Nc1ncc(-c2cccnn2)s1. The van der Waals surface area contributed by atoms with Gasteiger partial charge in [-0.15, -0.1) is 5.10 Å². The van der Waals surface area contributed by atoms with Gasteiger partial charge in [0.2, 0.25) is 0 Å². The molecule has 4 nitrogen and oxygen atoms in total. The predicted molar refractivity (Wildman–Crippen MR) is 47.6 cm³/mol. The molecule has 2 N–H and O–H groups in total. The molecule has 2 rings (SSSR count). The lowest BCUT2D eigenvalue weighted by atomic mass is 10.3. The summed E-state index contributed by atoms with van der Waals surface area (Å²) in [4.78, 5) is 4.87. The van der Waals surface area contributed by atoms with Gasteiger partial charge in [0.25, 0.3) is 0 Å². The number of hydrogen-bond donors (Lipinski definition) is 1. The molecular formula is C7H6N4S. The minimum atomic E-state index is 0.552. The number of anilines is 1. The van der Waals surface area contributed by atoms with Crippen molar-refractivity contribution in [1.29, 1.82) is 0 Å². The van der Waals surface area contributed by atoms with Crippen molar-refractivity contribution in [3.8, 4) is 10.6 Å². The fourth-order valence-corrected chi connectivity index (χ4v) is 1.49. The van der Waals surface area contributed by atoms with Crippen LogP contribution in [0.4, 0.5) is 5.13 Å². The van der Waals surface area contributed by atoms with Crippen LogP contribution in [-0.4, -0.2) is 15.2 Å². The Morgan fingerprint density at radius 1 is 1.42 bits per heavy atom. The van der Waals surface area contributed by atoms with Gasteiger partial charge in [0.05, 0.1) is 4.88 Å². The molecule has 0 bridgehead atoms. The van der Waals surface area contributed by atoms with Crippen LogP contribution in [0.1, 0.15) is 0 Å². The van der Waals surface area contributed by atoms with Crippen LogP contribution in [0.2, 0.25) is 0 Å². The van der Waals surface area contributed by atoms with Crippen LogP contribution >= 0.6 is 11.3 Å². The van der Waals surface area contributed by atoms with Crippen molar-refractivity contribution >= 4 is 16.5 Å². The van der Waals surface area contributed by atoms with Gasteiger partial charge in [0, 0.05) is 12.4 Å². The van der Waals surface area contributed by atoms with Gasteiger partial charge < -0.3 is 5.73 Å². The maximum absolute atomic E-state index is 5.48. The van der Waals surface area contributed by atoms with Crippen LogP contribution in [0.3, 0.4) is 0 Å². The van der Waals surface area contributed by atoms with Gasteiger partial charge in [-0.1, -0.05) is 11.3 Å². The molecule has 0 aromatic carbocycles. The first-order valence-corrected chi connectivity index (χ1v) is 4.17. The van der Waals surface area contributed by atoms with Crippen molar-refractivity contribution in [2.45, 2.75) is 0 Å². The maximum Gasteiger partial charge on any atom is 0.180 e. The van der Waals surface area contributed by atoms with Crippen molar-refractivity contribution < 1.29 is 0 Å². The van der Waals surface area contributed by atoms with Crippen LogP contribution in [-0.2, 0) is 0 Å². The first-order chi connectivity index (χ1) is 5.86. The molecule has 0 saturated heterocycles. The molecule has 0 unspecified atom stereocenters. The number of nitrogens with zero attached hydrogens (tertiary/aromatic N) is 3. The molecule has 2 heterocycles. The van der Waals surface area contributed by atoms with Crippen molar-refractivity contribution in [2.75, 3.05) is 5.73 Å². The van der Waals surface area contributed by atoms with Gasteiger partial charge in [0.1, 0.15) is 5.69 Å². The Hall–Kier alpha value is -1.49. The summed E-state index contributed by atoms with van der Waals surface area (Å²) < 4.78 is 0. The Labute approximate surface area is 73.1 Å². The smallest absolute Gasteiger partial charge is 0.180 e. The van der Waals surface area contributed by atoms with E-state index < -0.39 is 0 Å². The van der Waals surface area contributed by atoms with Crippen LogP contribution in [0.5, 0.6) is 0 Å². The summed E-state index contributed by atoms with van der Waals surface area (Å²) in [7, 11) is 0. The molecule has 0 saturated carbocycles. The van der Waals surface area contributed by atoms with Crippen LogP contribution < -0.4 is 5.73 Å². The topological polar surface area (TPSA) is 64.7 Å². The van der Waals surface area contributed by atoms with Crippen molar-refractivity contribution in [2.24, 2.45) is 0 Å². The molecule has 0 aliphatic heterocycles.